The summed E-state index contributed by atoms with van der Waals surface area (Å²) in [5.74, 6) is 1.64. The van der Waals surface area contributed by atoms with E-state index in [0.29, 0.717) is 73.0 Å². The Bertz CT molecular complexity index is 1600. The lowest BCUT2D eigenvalue weighted by Crippen LogP contribution is -2.54. The molecular formula is C40H58N4O7. The molecule has 2 aromatic carbocycles. The van der Waals surface area contributed by atoms with Gasteiger partial charge in [-0.1, -0.05) is 32.8 Å². The van der Waals surface area contributed by atoms with Crippen LogP contribution in [0.5, 0.6) is 17.2 Å². The summed E-state index contributed by atoms with van der Waals surface area (Å²) in [5, 5.41) is 6.51. The second-order valence-electron chi connectivity index (χ2n) is 14.4. The first-order valence-electron chi connectivity index (χ1n) is 18.7. The molecule has 2 N–H and O–H groups in total. The zero-order chi connectivity index (χ0) is 36.7. The van der Waals surface area contributed by atoms with Crippen LogP contribution in [0.1, 0.15) is 82.9 Å². The van der Waals surface area contributed by atoms with Crippen LogP contribution in [-0.4, -0.2) is 94.9 Å². The number of carbonyl (C=O) groups is 2. The smallest absolute Gasteiger partial charge is 0.245 e. The summed E-state index contributed by atoms with van der Waals surface area (Å²) in [6, 6.07) is 6.66. The molecule has 0 saturated carbocycles. The van der Waals surface area contributed by atoms with E-state index >= 15 is 0 Å². The molecule has 5 atom stereocenters. The molecule has 2 saturated heterocycles. The Morgan fingerprint density at radius 1 is 0.980 bits per heavy atom. The van der Waals surface area contributed by atoms with Crippen molar-refractivity contribution in [3.8, 4) is 28.4 Å². The highest BCUT2D eigenvalue weighted by molar-refractivity contribution is 5.86. The van der Waals surface area contributed by atoms with Gasteiger partial charge in [0.1, 0.15) is 6.04 Å². The summed E-state index contributed by atoms with van der Waals surface area (Å²) in [5.41, 5.74) is 3.22. The van der Waals surface area contributed by atoms with Crippen LogP contribution in [0.3, 0.4) is 0 Å². The molecule has 2 heterocycles. The van der Waals surface area contributed by atoms with Crippen LogP contribution >= 0.6 is 0 Å². The Kier molecular flexibility index (Phi) is 13.2. The van der Waals surface area contributed by atoms with E-state index in [-0.39, 0.29) is 23.2 Å². The number of benzene rings is 1. The molecule has 2 amide bonds. The van der Waals surface area contributed by atoms with E-state index in [1.54, 1.807) is 40.6 Å². The molecule has 51 heavy (non-hydrogen) atoms. The van der Waals surface area contributed by atoms with Gasteiger partial charge >= 0.3 is 0 Å². The molecule has 0 aromatic heterocycles. The van der Waals surface area contributed by atoms with Crippen molar-refractivity contribution >= 4 is 17.5 Å². The third-order valence-corrected chi connectivity index (χ3v) is 11.3. The number of anilines is 1. The largest absolute Gasteiger partial charge is 0.493 e. The normalized spacial score (nSPS) is 21.1. The lowest BCUT2D eigenvalue weighted by atomic mass is 9.83. The molecule has 2 aliphatic heterocycles. The number of piperidine rings is 2. The molecule has 0 radical (unpaired) electrons. The molecule has 2 fully saturated rings. The lowest BCUT2D eigenvalue weighted by molar-refractivity contribution is -0.135. The third-order valence-electron chi connectivity index (χ3n) is 11.3. The van der Waals surface area contributed by atoms with Crippen LogP contribution < -0.4 is 30.3 Å². The number of nitrogens with one attached hydrogen (secondary N) is 2. The van der Waals surface area contributed by atoms with Crippen molar-refractivity contribution in [1.82, 2.24) is 15.1 Å². The highest BCUT2D eigenvalue weighted by Gasteiger charge is 2.37. The lowest BCUT2D eigenvalue weighted by Gasteiger charge is -2.46. The fourth-order valence-electron chi connectivity index (χ4n) is 8.44. The molecular weight excluding hydrogens is 648 g/mol. The first-order valence-corrected chi connectivity index (χ1v) is 18.7. The number of methoxy groups -OCH3 is 4. The molecule has 11 heteroatoms. The molecule has 3 aliphatic rings. The average Bonchev–Trinajstić information content (AvgIpc) is 3.38. The first kappa shape index (κ1) is 38.4. The van der Waals surface area contributed by atoms with Gasteiger partial charge in [0, 0.05) is 38.7 Å². The van der Waals surface area contributed by atoms with Crippen molar-refractivity contribution in [1.29, 1.82) is 0 Å². The number of amides is 2. The predicted molar refractivity (Wildman–Crippen MR) is 200 cm³/mol. The fourth-order valence-corrected chi connectivity index (χ4v) is 8.44. The van der Waals surface area contributed by atoms with Crippen LogP contribution in [0.2, 0.25) is 0 Å². The van der Waals surface area contributed by atoms with Gasteiger partial charge in [0.05, 0.1) is 39.7 Å². The van der Waals surface area contributed by atoms with E-state index in [1.165, 1.54) is 26.2 Å². The second-order valence-corrected chi connectivity index (χ2v) is 14.4. The first-order chi connectivity index (χ1) is 24.6. The number of ether oxygens (including phenoxy) is 4. The van der Waals surface area contributed by atoms with Crippen LogP contribution in [-0.2, 0) is 20.7 Å². The molecule has 5 rings (SSSR count). The molecule has 1 aliphatic carbocycles. The van der Waals surface area contributed by atoms with E-state index in [2.05, 4.69) is 29.4 Å². The molecule has 2 aromatic rings. The molecule has 0 unspecified atom stereocenters. The number of aryl methyl sites for hydroxylation is 1. The van der Waals surface area contributed by atoms with E-state index in [1.807, 2.05) is 17.0 Å². The van der Waals surface area contributed by atoms with Crippen molar-refractivity contribution in [2.24, 2.45) is 11.8 Å². The van der Waals surface area contributed by atoms with Crippen LogP contribution in [0.15, 0.2) is 29.1 Å². The molecule has 0 bridgehead atoms. The Morgan fingerprint density at radius 3 is 2.43 bits per heavy atom. The van der Waals surface area contributed by atoms with Crippen molar-refractivity contribution < 1.29 is 28.5 Å². The summed E-state index contributed by atoms with van der Waals surface area (Å²) in [4.78, 5) is 45.9. The van der Waals surface area contributed by atoms with Gasteiger partial charge in [-0.25, -0.2) is 0 Å². The summed E-state index contributed by atoms with van der Waals surface area (Å²) >= 11 is 0. The maximum Gasteiger partial charge on any atom is 0.245 e. The van der Waals surface area contributed by atoms with Crippen molar-refractivity contribution in [3.63, 3.8) is 0 Å². The highest BCUT2D eigenvalue weighted by atomic mass is 16.5. The van der Waals surface area contributed by atoms with E-state index in [4.69, 9.17) is 18.9 Å². The minimum absolute atomic E-state index is 0.0122. The number of rotatable bonds is 14. The number of carbonyl (C=O) groups excluding carboxylic acids is 2. The van der Waals surface area contributed by atoms with Gasteiger partial charge in [0.15, 0.2) is 11.5 Å². The van der Waals surface area contributed by atoms with Gasteiger partial charge in [-0.2, -0.15) is 0 Å². The zero-order valence-electron chi connectivity index (χ0n) is 31.6. The van der Waals surface area contributed by atoms with Gasteiger partial charge in [-0.15, -0.1) is 0 Å². The van der Waals surface area contributed by atoms with Gasteiger partial charge in [0.2, 0.25) is 23.0 Å². The van der Waals surface area contributed by atoms with E-state index in [0.717, 1.165) is 49.0 Å². The van der Waals surface area contributed by atoms with Crippen LogP contribution in [0, 0.1) is 11.8 Å². The van der Waals surface area contributed by atoms with Crippen LogP contribution in [0.25, 0.3) is 11.1 Å². The average molecular weight is 707 g/mol. The SMILES string of the molecule is CC[C@@H](C)[C@H](Nc1ccc2c(cc1=O)[C@@H](NC(C)=O)CCc1cc(OC)c(OC)c(OC)c1-2)C(=O)N(CCOC)C[C@@H]1CCCN2CCCC[C@H]12. The maximum absolute atomic E-state index is 14.6. The molecule has 11 nitrogen and oxygen atoms in total. The molecule has 280 valence electrons. The van der Waals surface area contributed by atoms with Gasteiger partial charge in [-0.3, -0.25) is 14.4 Å². The van der Waals surface area contributed by atoms with Gasteiger partial charge in [-0.05, 0) is 98.3 Å². The minimum Gasteiger partial charge on any atom is -0.493 e. The number of hydrogen-bond acceptors (Lipinski definition) is 9. The Labute approximate surface area is 303 Å². The Balaban J connectivity index is 1.55. The van der Waals surface area contributed by atoms with Crippen LogP contribution in [0.4, 0.5) is 5.69 Å². The predicted octanol–water partition coefficient (Wildman–Crippen LogP) is 5.43. The summed E-state index contributed by atoms with van der Waals surface area (Å²) < 4.78 is 22.8. The van der Waals surface area contributed by atoms with Crippen molar-refractivity contribution in [2.45, 2.75) is 90.3 Å². The van der Waals surface area contributed by atoms with Gasteiger partial charge in [0.25, 0.3) is 0 Å². The van der Waals surface area contributed by atoms with Crippen molar-refractivity contribution in [2.75, 3.05) is 66.5 Å². The number of nitrogens with zero attached hydrogens (tertiary/aromatic N) is 2. The zero-order valence-corrected chi connectivity index (χ0v) is 31.6. The fraction of sp³-hybridized carbons (Fsp3) is 0.625. The maximum atomic E-state index is 14.6. The topological polar surface area (TPSA) is 119 Å². The Hall–Kier alpha value is -3.83. The van der Waals surface area contributed by atoms with E-state index in [9.17, 15) is 14.4 Å². The standard InChI is InChI=1S/C40H58N4O7/c1-8-25(2)37(40(47)44(20-21-48-4)24-28-12-11-19-43-18-10-9-13-33(28)43)42-32-17-15-29-30(23-34(32)46)31(41-26(3)45)16-14-27-22-35(49-5)38(50-6)39(51-7)36(27)29/h15,17,22-23,25,28,31,33,37H,8-14,16,18-21,24H2,1-7H3,(H,41,45)(H,42,46)/t25-,28+,31+,33-,37+/m1/s1. The highest BCUT2D eigenvalue weighted by Crippen LogP contribution is 2.50. The summed E-state index contributed by atoms with van der Waals surface area (Å²) in [6.45, 7) is 9.52. The third kappa shape index (κ3) is 8.46. The van der Waals surface area contributed by atoms with Crippen molar-refractivity contribution in [3.05, 3.63) is 45.6 Å². The van der Waals surface area contributed by atoms with E-state index < -0.39 is 12.1 Å². The quantitative estimate of drug-likeness (QED) is 0.265. The minimum atomic E-state index is -0.620. The summed E-state index contributed by atoms with van der Waals surface area (Å²) in [7, 11) is 6.40. The Morgan fingerprint density at radius 2 is 1.75 bits per heavy atom. The monoisotopic (exact) mass is 706 g/mol. The number of fused-ring (bicyclic) bond motifs is 4. The number of hydrogen-bond donors (Lipinski definition) is 2. The molecule has 0 spiro atoms. The van der Waals surface area contributed by atoms with Gasteiger partial charge < -0.3 is 39.4 Å². The summed E-state index contributed by atoms with van der Waals surface area (Å²) in [6.07, 6.45) is 7.85. The second kappa shape index (κ2) is 17.6.